The summed E-state index contributed by atoms with van der Waals surface area (Å²) < 4.78 is 13.3. The summed E-state index contributed by atoms with van der Waals surface area (Å²) in [5.41, 5.74) is 26.6. The maximum atomic E-state index is 6.67. The Hall–Kier alpha value is -16.0. The number of rotatable bonds is 16. The van der Waals surface area contributed by atoms with Crippen LogP contribution in [-0.2, 0) is 23.7 Å². The normalized spacial score (nSPS) is 13.5. The van der Waals surface area contributed by atoms with Gasteiger partial charge in [-0.05, 0) is 272 Å². The first-order chi connectivity index (χ1) is 65.6. The number of fused-ring (bicyclic) bond motifs is 8. The molecule has 0 saturated carbocycles. The minimum absolute atomic E-state index is 0.0582. The van der Waals surface area contributed by atoms with Gasteiger partial charge in [0.15, 0.2) is 0 Å². The van der Waals surface area contributed by atoms with Gasteiger partial charge in [-0.25, -0.2) is 9.97 Å². The van der Waals surface area contributed by atoms with Crippen LogP contribution >= 0.6 is 0 Å². The minimum Gasteiger partial charge on any atom is -0.456 e. The van der Waals surface area contributed by atoms with Crippen LogP contribution in [0.15, 0.2) is 385 Å². The van der Waals surface area contributed by atoms with Crippen LogP contribution in [0.4, 0.5) is 68.5 Å². The molecule has 0 saturated heterocycles. The van der Waals surface area contributed by atoms with E-state index in [4.69, 9.17) is 28.8 Å². The predicted octanol–water partition coefficient (Wildman–Crippen LogP) is 34.8. The van der Waals surface area contributed by atoms with E-state index < -0.39 is 0 Å². The summed E-state index contributed by atoms with van der Waals surface area (Å²) in [7, 11) is 0. The second-order valence-corrected chi connectivity index (χ2v) is 38.5. The van der Waals surface area contributed by atoms with E-state index >= 15 is 0 Å². The molecule has 2 aliphatic rings. The summed E-state index contributed by atoms with van der Waals surface area (Å²) in [5.74, 6) is 3.93. The molecule has 0 fully saturated rings. The molecule has 644 valence electrons. The molecule has 134 heavy (non-hydrogen) atoms. The van der Waals surface area contributed by atoms with Crippen LogP contribution in [0.5, 0.6) is 0 Å². The highest BCUT2D eigenvalue weighted by molar-refractivity contribution is 6.33. The fourth-order valence-electron chi connectivity index (χ4n) is 22.2. The zero-order chi connectivity index (χ0) is 89.9. The molecule has 10 nitrogen and oxygen atoms in total. The van der Waals surface area contributed by atoms with Crippen molar-refractivity contribution in [3.05, 3.63) is 410 Å². The Labute approximate surface area is 778 Å². The fraction of sp³-hybridized carbons (Fsp3) is 0.129. The van der Waals surface area contributed by atoms with Crippen molar-refractivity contribution in [3.63, 3.8) is 0 Å². The summed E-state index contributed by atoms with van der Waals surface area (Å²) >= 11 is 0. The summed E-state index contributed by atoms with van der Waals surface area (Å²) in [6, 6.07) is 132. The number of aryl methyl sites for hydroxylation is 2. The molecule has 6 aromatic heterocycles. The van der Waals surface area contributed by atoms with Gasteiger partial charge in [-0.2, -0.15) is 0 Å². The molecule has 0 spiro atoms. The molecule has 24 aromatic rings. The Morgan fingerprint density at radius 2 is 0.612 bits per heavy atom. The number of para-hydroxylation sites is 4. The maximum Gasteiger partial charge on any atom is 0.138 e. The molecule has 2 aliphatic carbocycles. The fourth-order valence-corrected chi connectivity index (χ4v) is 22.2. The lowest BCUT2D eigenvalue weighted by atomic mass is 9.70. The van der Waals surface area contributed by atoms with Gasteiger partial charge >= 0.3 is 0 Å². The van der Waals surface area contributed by atoms with Gasteiger partial charge in [-0.15, -0.1) is 0 Å². The molecule has 6 heterocycles. The van der Waals surface area contributed by atoms with Gasteiger partial charge in [-0.3, -0.25) is 19.8 Å². The first kappa shape index (κ1) is 80.1. The van der Waals surface area contributed by atoms with Crippen molar-refractivity contribution in [2.75, 3.05) is 19.6 Å². The Morgan fingerprint density at radius 1 is 0.269 bits per heavy atom. The molecule has 0 amide bonds. The third-order valence-electron chi connectivity index (χ3n) is 28.9. The van der Waals surface area contributed by atoms with Crippen LogP contribution in [0.3, 0.4) is 0 Å². The van der Waals surface area contributed by atoms with Gasteiger partial charge in [0.05, 0.1) is 56.2 Å². The number of nitrogens with zero attached hydrogens (tertiary/aromatic N) is 8. The number of pyridine rings is 4. The first-order valence-corrected chi connectivity index (χ1v) is 47.1. The van der Waals surface area contributed by atoms with Crippen LogP contribution in [0.25, 0.3) is 153 Å². The lowest BCUT2D eigenvalue weighted by Crippen LogP contribution is -2.24. The lowest BCUT2D eigenvalue weighted by molar-refractivity contribution is 0.475. The maximum absolute atomic E-state index is 6.67. The topological polar surface area (TPSA) is 90.8 Å². The Balaban J connectivity index is 0.000000143. The highest BCUT2D eigenvalue weighted by Crippen LogP contribution is 2.59. The van der Waals surface area contributed by atoms with Crippen molar-refractivity contribution in [2.45, 2.75) is 104 Å². The second-order valence-electron chi connectivity index (χ2n) is 38.5. The molecule has 0 bridgehead atoms. The number of benzene rings is 18. The summed E-state index contributed by atoms with van der Waals surface area (Å²) in [6.07, 6.45) is 7.78. The molecule has 0 aliphatic heterocycles. The van der Waals surface area contributed by atoms with Crippen molar-refractivity contribution >= 4 is 199 Å². The highest BCUT2D eigenvalue weighted by Gasteiger charge is 2.38. The molecule has 0 radical (unpaired) electrons. The number of furan rings is 2. The van der Waals surface area contributed by atoms with Crippen LogP contribution < -0.4 is 19.6 Å². The zero-order valence-corrected chi connectivity index (χ0v) is 76.2. The van der Waals surface area contributed by atoms with Gasteiger partial charge in [0, 0.05) is 111 Å². The van der Waals surface area contributed by atoms with Crippen molar-refractivity contribution in [2.24, 2.45) is 0 Å². The first-order valence-electron chi connectivity index (χ1n) is 47.1. The number of hydrogen-bond donors (Lipinski definition) is 0. The standard InChI is InChI=1S/C64H50N2O2.C60H46N6/c1-40(2)48-37-56(66(45-25-15-8-16-26-45)54-28-18-30-58-50(54)39-60(68-58)42-21-11-6-12-22-42)51-36-52-61-43(33-34-64(52,3)4)35-55(47-32-31-46(48)62(51)63(47)61)65(44-23-13-7-14-24-44)53-27-17-29-57-49(53)38-59(67-57)41-19-9-5-10-20-41;1-36(2)46-35-50(66(43-17-9-6-10-18-43)52-28-24-40-22-20-38-14-12-32-62-57(38)59(40)64-52)47-34-48-53-41(29-30-60(48,3)4)33-49(45-26-25-44(46)54(47)55(45)53)65(42-15-7-5-8-16-42)51-27-23-39-21-19-37-13-11-31-61-56(37)58(39)63-51/h5-32,35-40H,33-34H2,1-4H3;5-28,31-36H,29-30H2,1-4H3. The van der Waals surface area contributed by atoms with Crippen LogP contribution in [0, 0.1) is 0 Å². The van der Waals surface area contributed by atoms with E-state index in [2.05, 4.69) is 427 Å². The molecule has 26 rings (SSSR count). The number of anilines is 12. The van der Waals surface area contributed by atoms with E-state index in [-0.39, 0.29) is 22.7 Å². The van der Waals surface area contributed by atoms with Crippen LogP contribution in [-0.4, -0.2) is 19.9 Å². The quantitative estimate of drug-likeness (QED) is 0.0871. The molecule has 10 heteroatoms. The number of aromatic nitrogens is 4. The Bertz CT molecular complexity index is 8770. The molecule has 0 N–H and O–H groups in total. The van der Waals surface area contributed by atoms with Gasteiger partial charge in [-0.1, -0.05) is 262 Å². The molecule has 18 aromatic carbocycles. The average molecular weight is 1730 g/mol. The largest absolute Gasteiger partial charge is 0.456 e. The Morgan fingerprint density at radius 3 is 1.01 bits per heavy atom. The van der Waals surface area contributed by atoms with E-state index in [0.29, 0.717) is 0 Å². The third-order valence-corrected chi connectivity index (χ3v) is 28.9. The second kappa shape index (κ2) is 31.4. The zero-order valence-electron chi connectivity index (χ0n) is 76.2. The van der Waals surface area contributed by atoms with Crippen molar-refractivity contribution < 1.29 is 8.83 Å². The van der Waals surface area contributed by atoms with Gasteiger partial charge in [0.1, 0.15) is 34.3 Å². The molecule has 0 atom stereocenters. The van der Waals surface area contributed by atoms with E-state index in [1.165, 1.54) is 104 Å². The number of hydrogen-bond acceptors (Lipinski definition) is 10. The predicted molar refractivity (Wildman–Crippen MR) is 562 cm³/mol. The third kappa shape index (κ3) is 13.0. The van der Waals surface area contributed by atoms with Crippen LogP contribution in [0.2, 0.25) is 0 Å². The summed E-state index contributed by atoms with van der Waals surface area (Å²) in [6.45, 7) is 19.1. The smallest absolute Gasteiger partial charge is 0.138 e. The van der Waals surface area contributed by atoms with Crippen molar-refractivity contribution in [3.8, 4) is 22.6 Å². The Kier molecular flexibility index (Phi) is 18.7. The van der Waals surface area contributed by atoms with Crippen LogP contribution in [0.1, 0.15) is 113 Å². The van der Waals surface area contributed by atoms with Gasteiger partial charge in [0.25, 0.3) is 0 Å². The van der Waals surface area contributed by atoms with E-state index in [9.17, 15) is 0 Å². The summed E-state index contributed by atoms with van der Waals surface area (Å²) in [4.78, 5) is 30.5. The van der Waals surface area contributed by atoms with E-state index in [0.717, 1.165) is 177 Å². The van der Waals surface area contributed by atoms with E-state index in [1.54, 1.807) is 0 Å². The highest BCUT2D eigenvalue weighted by atomic mass is 16.3. The molecular formula is C124H96N8O2. The average Bonchev–Trinajstić information content (AvgIpc) is 0.736. The SMILES string of the molecule is CC(C)c1cc(N(c2ccccc2)c2ccc3ccc4cccnc4c3n2)c2cc3c4c(cc(N(c5ccccc5)c5ccc6ccc7cccnc7c6n5)c5ccc1c2c54)CCC3(C)C.CC(C)c1cc(N(c2ccccc2)c2cccc3oc(-c4ccccc4)cc23)c2cc3c4c(cc(N(c5ccccc5)c5cccc6oc(-c7ccccc7)cc56)c5ccc1c2c54)CCC3(C)C. The van der Waals surface area contributed by atoms with Crippen molar-refractivity contribution in [1.29, 1.82) is 0 Å². The van der Waals surface area contributed by atoms with E-state index in [1.807, 2.05) is 24.5 Å². The molecular weight excluding hydrogens is 1630 g/mol. The minimum atomic E-state index is -0.0638. The van der Waals surface area contributed by atoms with Crippen molar-refractivity contribution in [1.82, 2.24) is 19.9 Å². The lowest BCUT2D eigenvalue weighted by Gasteiger charge is -2.37. The van der Waals surface area contributed by atoms with Gasteiger partial charge < -0.3 is 18.6 Å². The van der Waals surface area contributed by atoms with Gasteiger partial charge in [0.2, 0.25) is 0 Å². The molecule has 0 unspecified atom stereocenters. The monoisotopic (exact) mass is 1730 g/mol. The summed E-state index contributed by atoms with van der Waals surface area (Å²) in [5, 5.41) is 22.0.